The van der Waals surface area contributed by atoms with Crippen LogP contribution in [0.5, 0.6) is 5.75 Å². The van der Waals surface area contributed by atoms with E-state index in [2.05, 4.69) is 15.7 Å². The Labute approximate surface area is 185 Å². The zero-order valence-corrected chi connectivity index (χ0v) is 18.3. The smallest absolute Gasteiger partial charge is 0.251 e. The Morgan fingerprint density at radius 1 is 1.26 bits per heavy atom. The fourth-order valence-electron chi connectivity index (χ4n) is 3.75. The molecule has 7 nitrogen and oxygen atoms in total. The molecule has 0 bridgehead atoms. The first-order chi connectivity index (χ1) is 14.9. The second kappa shape index (κ2) is 8.43. The lowest BCUT2D eigenvalue weighted by atomic mass is 10.0. The van der Waals surface area contributed by atoms with E-state index in [1.54, 1.807) is 30.0 Å². The van der Waals surface area contributed by atoms with E-state index in [-0.39, 0.29) is 18.2 Å². The molecule has 0 fully saturated rings. The van der Waals surface area contributed by atoms with Gasteiger partial charge in [-0.3, -0.25) is 9.59 Å². The summed E-state index contributed by atoms with van der Waals surface area (Å²) >= 11 is 6.13. The third-order valence-corrected chi connectivity index (χ3v) is 5.87. The lowest BCUT2D eigenvalue weighted by molar-refractivity contribution is -0.123. The number of fused-ring (bicyclic) bond motifs is 1. The number of methoxy groups -OCH3 is 1. The standard InChI is InChI=1S/C23H23ClN4O3/c1-4-17-21(14-8-10-15(31-3)11-9-14)22-26-23(30)19(28(22)27-17)12-20(29)25-18-7-5-6-16(24)13(18)2/h5-11,19H,4,12H2,1-3H3,(H,25,29)(H,26,30). The molecular formula is C23H23ClN4O3. The molecule has 0 saturated carbocycles. The third kappa shape index (κ3) is 3.88. The average molecular weight is 439 g/mol. The van der Waals surface area contributed by atoms with Crippen LogP contribution >= 0.6 is 11.6 Å². The predicted octanol–water partition coefficient (Wildman–Crippen LogP) is 4.60. The first kappa shape index (κ1) is 20.9. The molecule has 1 unspecified atom stereocenters. The maximum atomic E-state index is 12.7. The molecule has 8 heteroatoms. The van der Waals surface area contributed by atoms with Gasteiger partial charge >= 0.3 is 0 Å². The number of halogens is 1. The summed E-state index contributed by atoms with van der Waals surface area (Å²) in [4.78, 5) is 25.4. The number of hydrogen-bond donors (Lipinski definition) is 2. The highest BCUT2D eigenvalue weighted by atomic mass is 35.5. The fourth-order valence-corrected chi connectivity index (χ4v) is 3.92. The molecule has 1 aliphatic heterocycles. The highest BCUT2D eigenvalue weighted by molar-refractivity contribution is 6.31. The maximum absolute atomic E-state index is 12.7. The van der Waals surface area contributed by atoms with Gasteiger partial charge in [0, 0.05) is 16.3 Å². The molecule has 0 saturated heterocycles. The minimum absolute atomic E-state index is 0.0301. The molecule has 1 aromatic heterocycles. The zero-order valence-electron chi connectivity index (χ0n) is 17.5. The molecule has 1 aliphatic rings. The topological polar surface area (TPSA) is 85.2 Å². The second-order valence-electron chi connectivity index (χ2n) is 7.37. The van der Waals surface area contributed by atoms with E-state index in [0.717, 1.165) is 28.1 Å². The Morgan fingerprint density at radius 2 is 2.00 bits per heavy atom. The number of carbonyl (C=O) groups is 2. The molecule has 160 valence electrons. The highest BCUT2D eigenvalue weighted by Crippen LogP contribution is 2.39. The molecule has 0 radical (unpaired) electrons. The quantitative estimate of drug-likeness (QED) is 0.588. The number of benzene rings is 2. The highest BCUT2D eigenvalue weighted by Gasteiger charge is 2.36. The van der Waals surface area contributed by atoms with Crippen LogP contribution in [0.3, 0.4) is 0 Å². The normalized spacial score (nSPS) is 14.8. The molecule has 1 atom stereocenters. The summed E-state index contributed by atoms with van der Waals surface area (Å²) in [5.41, 5.74) is 4.07. The van der Waals surface area contributed by atoms with Gasteiger partial charge in [0.25, 0.3) is 5.91 Å². The molecule has 2 N–H and O–H groups in total. The minimum Gasteiger partial charge on any atom is -0.497 e. The number of rotatable bonds is 6. The van der Waals surface area contributed by atoms with Crippen LogP contribution in [0.2, 0.25) is 5.02 Å². The molecule has 2 amide bonds. The van der Waals surface area contributed by atoms with E-state index in [1.165, 1.54) is 0 Å². The Hall–Kier alpha value is -3.32. The van der Waals surface area contributed by atoms with Crippen molar-refractivity contribution in [3.63, 3.8) is 0 Å². The largest absolute Gasteiger partial charge is 0.497 e. The van der Waals surface area contributed by atoms with E-state index in [1.807, 2.05) is 38.1 Å². The van der Waals surface area contributed by atoms with E-state index in [4.69, 9.17) is 16.3 Å². The monoisotopic (exact) mass is 438 g/mol. The number of hydrogen-bond acceptors (Lipinski definition) is 4. The third-order valence-electron chi connectivity index (χ3n) is 5.46. The van der Waals surface area contributed by atoms with Crippen LogP contribution in [0.4, 0.5) is 11.5 Å². The second-order valence-corrected chi connectivity index (χ2v) is 7.77. The Balaban J connectivity index is 1.61. The van der Waals surface area contributed by atoms with Crippen molar-refractivity contribution in [1.29, 1.82) is 0 Å². The molecule has 2 aromatic carbocycles. The van der Waals surface area contributed by atoms with Crippen LogP contribution < -0.4 is 15.4 Å². The summed E-state index contributed by atoms with van der Waals surface area (Å²) in [6, 6.07) is 12.2. The summed E-state index contributed by atoms with van der Waals surface area (Å²) < 4.78 is 6.86. The van der Waals surface area contributed by atoms with Crippen LogP contribution in [-0.2, 0) is 16.0 Å². The Morgan fingerprint density at radius 3 is 2.68 bits per heavy atom. The average Bonchev–Trinajstić information content (AvgIpc) is 3.26. The van der Waals surface area contributed by atoms with Crippen LogP contribution in [-0.4, -0.2) is 28.7 Å². The van der Waals surface area contributed by atoms with Crippen molar-refractivity contribution >= 4 is 34.9 Å². The van der Waals surface area contributed by atoms with E-state index < -0.39 is 6.04 Å². The van der Waals surface area contributed by atoms with Gasteiger partial charge in [0.2, 0.25) is 5.91 Å². The van der Waals surface area contributed by atoms with Crippen LogP contribution in [0.1, 0.15) is 30.6 Å². The van der Waals surface area contributed by atoms with Crippen molar-refractivity contribution in [1.82, 2.24) is 9.78 Å². The first-order valence-electron chi connectivity index (χ1n) is 10.0. The van der Waals surface area contributed by atoms with Gasteiger partial charge in [0.1, 0.15) is 17.6 Å². The number of anilines is 2. The molecule has 0 spiro atoms. The van der Waals surface area contributed by atoms with Gasteiger partial charge in [0.05, 0.1) is 19.2 Å². The van der Waals surface area contributed by atoms with Crippen LogP contribution in [0.15, 0.2) is 42.5 Å². The summed E-state index contributed by atoms with van der Waals surface area (Å²) in [6.45, 7) is 3.84. The zero-order chi connectivity index (χ0) is 22.1. The van der Waals surface area contributed by atoms with Crippen molar-refractivity contribution in [3.05, 3.63) is 58.7 Å². The summed E-state index contributed by atoms with van der Waals surface area (Å²) in [6.07, 6.45) is 0.662. The summed E-state index contributed by atoms with van der Waals surface area (Å²) in [5, 5.41) is 11.0. The van der Waals surface area contributed by atoms with Crippen molar-refractivity contribution in [3.8, 4) is 16.9 Å². The van der Waals surface area contributed by atoms with Crippen molar-refractivity contribution in [2.24, 2.45) is 0 Å². The van der Waals surface area contributed by atoms with Crippen LogP contribution in [0.25, 0.3) is 11.1 Å². The summed E-state index contributed by atoms with van der Waals surface area (Å²) in [5.74, 6) is 0.833. The van der Waals surface area contributed by atoms with Crippen molar-refractivity contribution in [2.75, 3.05) is 17.7 Å². The van der Waals surface area contributed by atoms with Gasteiger partial charge in [-0.05, 0) is 48.7 Å². The van der Waals surface area contributed by atoms with E-state index in [9.17, 15) is 9.59 Å². The summed E-state index contributed by atoms with van der Waals surface area (Å²) in [7, 11) is 1.62. The molecule has 0 aliphatic carbocycles. The fraction of sp³-hybridized carbons (Fsp3) is 0.261. The van der Waals surface area contributed by atoms with Crippen molar-refractivity contribution < 1.29 is 14.3 Å². The predicted molar refractivity (Wildman–Crippen MR) is 121 cm³/mol. The maximum Gasteiger partial charge on any atom is 0.251 e. The SMILES string of the molecule is CCc1nn2c(c1-c1ccc(OC)cc1)NC(=O)C2CC(=O)Nc1cccc(Cl)c1C. The van der Waals surface area contributed by atoms with Gasteiger partial charge in [0.15, 0.2) is 0 Å². The van der Waals surface area contributed by atoms with Crippen LogP contribution in [0, 0.1) is 6.92 Å². The number of nitrogens with one attached hydrogen (secondary N) is 2. The van der Waals surface area contributed by atoms with Gasteiger partial charge < -0.3 is 15.4 Å². The Bertz CT molecular complexity index is 1150. The van der Waals surface area contributed by atoms with Gasteiger partial charge in [-0.15, -0.1) is 0 Å². The number of carbonyl (C=O) groups excluding carboxylic acids is 2. The molecule has 2 heterocycles. The molecule has 3 aromatic rings. The number of aryl methyl sites for hydroxylation is 1. The lowest BCUT2D eigenvalue weighted by Crippen LogP contribution is -2.24. The number of nitrogens with zero attached hydrogens (tertiary/aromatic N) is 2. The number of aromatic nitrogens is 2. The molecule has 31 heavy (non-hydrogen) atoms. The van der Waals surface area contributed by atoms with E-state index in [0.29, 0.717) is 22.9 Å². The molecule has 4 rings (SSSR count). The van der Waals surface area contributed by atoms with Gasteiger partial charge in [-0.25, -0.2) is 4.68 Å². The Kier molecular flexibility index (Phi) is 5.69. The lowest BCUT2D eigenvalue weighted by Gasteiger charge is -2.12. The number of ether oxygens (including phenoxy) is 1. The first-order valence-corrected chi connectivity index (χ1v) is 10.4. The van der Waals surface area contributed by atoms with Gasteiger partial charge in [-0.2, -0.15) is 5.10 Å². The van der Waals surface area contributed by atoms with Crippen molar-refractivity contribution in [2.45, 2.75) is 32.7 Å². The minimum atomic E-state index is -0.716. The van der Waals surface area contributed by atoms with E-state index >= 15 is 0 Å². The van der Waals surface area contributed by atoms with Gasteiger partial charge in [-0.1, -0.05) is 36.7 Å². The number of amides is 2. The molecular weight excluding hydrogens is 416 g/mol.